The van der Waals surface area contributed by atoms with E-state index < -0.39 is 0 Å². The van der Waals surface area contributed by atoms with E-state index in [1.165, 1.54) is 0 Å². The molecule has 2 rings (SSSR count). The lowest BCUT2D eigenvalue weighted by Gasteiger charge is -2.28. The first-order valence-electron chi connectivity index (χ1n) is 6.84. The molecule has 6 heteroatoms. The topological polar surface area (TPSA) is 83.7 Å². The minimum absolute atomic E-state index is 0.0540. The molecule has 106 valence electrons. The predicted octanol–water partition coefficient (Wildman–Crippen LogP) is -0.421. The number of hydrogen-bond acceptors (Lipinski definition) is 3. The maximum atomic E-state index is 12.2. The normalized spacial score (nSPS) is 27.7. The predicted molar refractivity (Wildman–Crippen MR) is 68.9 cm³/mol. The van der Waals surface area contributed by atoms with Crippen molar-refractivity contribution in [1.82, 2.24) is 9.80 Å². The molecule has 2 aliphatic heterocycles. The summed E-state index contributed by atoms with van der Waals surface area (Å²) in [6.07, 6.45) is 2.40. The van der Waals surface area contributed by atoms with Crippen molar-refractivity contribution in [3.05, 3.63) is 0 Å². The van der Waals surface area contributed by atoms with Crippen molar-refractivity contribution in [2.24, 2.45) is 17.6 Å². The first kappa shape index (κ1) is 13.8. The second-order valence-corrected chi connectivity index (χ2v) is 5.56. The summed E-state index contributed by atoms with van der Waals surface area (Å²) in [5.41, 5.74) is 5.32. The van der Waals surface area contributed by atoms with Gasteiger partial charge in [0.05, 0.1) is 12.5 Å². The molecule has 0 unspecified atom stereocenters. The average Bonchev–Trinajstić information content (AvgIpc) is 2.74. The molecule has 0 aromatic carbocycles. The summed E-state index contributed by atoms with van der Waals surface area (Å²) in [7, 11) is 0. The molecule has 0 aromatic rings. The molecule has 2 heterocycles. The van der Waals surface area contributed by atoms with Gasteiger partial charge in [0.1, 0.15) is 0 Å². The molecule has 0 spiro atoms. The monoisotopic (exact) mass is 267 g/mol. The van der Waals surface area contributed by atoms with Crippen LogP contribution in [0, 0.1) is 11.8 Å². The molecule has 0 aromatic heterocycles. The van der Waals surface area contributed by atoms with E-state index in [-0.39, 0.29) is 36.1 Å². The van der Waals surface area contributed by atoms with Gasteiger partial charge in [-0.1, -0.05) is 6.92 Å². The van der Waals surface area contributed by atoms with Crippen LogP contribution >= 0.6 is 0 Å². The van der Waals surface area contributed by atoms with Crippen molar-refractivity contribution >= 4 is 17.7 Å². The number of amides is 3. The van der Waals surface area contributed by atoms with Gasteiger partial charge in [-0.05, 0) is 18.8 Å². The quantitative estimate of drug-likeness (QED) is 0.753. The highest BCUT2D eigenvalue weighted by Gasteiger charge is 2.36. The molecule has 2 aliphatic rings. The largest absolute Gasteiger partial charge is 0.369 e. The van der Waals surface area contributed by atoms with Crippen molar-refractivity contribution in [2.75, 3.05) is 26.2 Å². The number of carbonyl (C=O) groups is 3. The zero-order chi connectivity index (χ0) is 14.0. The zero-order valence-corrected chi connectivity index (χ0v) is 11.3. The number of carbonyl (C=O) groups excluding carboxylic acids is 3. The van der Waals surface area contributed by atoms with Gasteiger partial charge in [-0.2, -0.15) is 0 Å². The minimum atomic E-state index is -0.350. The summed E-state index contributed by atoms with van der Waals surface area (Å²) in [4.78, 5) is 38.3. The van der Waals surface area contributed by atoms with E-state index >= 15 is 0 Å². The summed E-state index contributed by atoms with van der Waals surface area (Å²) in [6, 6.07) is 0. The van der Waals surface area contributed by atoms with Crippen molar-refractivity contribution in [1.29, 1.82) is 0 Å². The zero-order valence-electron chi connectivity index (χ0n) is 11.3. The van der Waals surface area contributed by atoms with Gasteiger partial charge in [0.25, 0.3) is 0 Å². The van der Waals surface area contributed by atoms with Crippen molar-refractivity contribution in [2.45, 2.75) is 26.2 Å². The van der Waals surface area contributed by atoms with Gasteiger partial charge in [-0.25, -0.2) is 0 Å². The number of likely N-dealkylation sites (tertiary alicyclic amines) is 2. The maximum absolute atomic E-state index is 12.2. The van der Waals surface area contributed by atoms with Crippen LogP contribution in [0.5, 0.6) is 0 Å². The van der Waals surface area contributed by atoms with Gasteiger partial charge < -0.3 is 15.5 Å². The van der Waals surface area contributed by atoms with E-state index in [0.29, 0.717) is 26.1 Å². The minimum Gasteiger partial charge on any atom is -0.369 e. The van der Waals surface area contributed by atoms with Crippen LogP contribution in [-0.4, -0.2) is 53.7 Å². The smallest absolute Gasteiger partial charge is 0.242 e. The van der Waals surface area contributed by atoms with Crippen LogP contribution in [0.2, 0.25) is 0 Å². The van der Waals surface area contributed by atoms with Crippen LogP contribution in [-0.2, 0) is 14.4 Å². The molecule has 0 saturated carbocycles. The number of primary amides is 1. The van der Waals surface area contributed by atoms with Crippen LogP contribution in [0.15, 0.2) is 0 Å². The van der Waals surface area contributed by atoms with Crippen LogP contribution < -0.4 is 5.73 Å². The maximum Gasteiger partial charge on any atom is 0.242 e. The Bertz CT molecular complexity index is 397. The highest BCUT2D eigenvalue weighted by molar-refractivity contribution is 5.86. The lowest BCUT2D eigenvalue weighted by atomic mass is 9.98. The molecule has 19 heavy (non-hydrogen) atoms. The lowest BCUT2D eigenvalue weighted by Crippen LogP contribution is -2.44. The van der Waals surface area contributed by atoms with Gasteiger partial charge in [0.2, 0.25) is 17.7 Å². The number of hydrogen-bond donors (Lipinski definition) is 1. The van der Waals surface area contributed by atoms with Gasteiger partial charge in [0.15, 0.2) is 0 Å². The van der Waals surface area contributed by atoms with Gasteiger partial charge >= 0.3 is 0 Å². The molecular formula is C13H21N3O3. The molecule has 2 saturated heterocycles. The summed E-state index contributed by atoms with van der Waals surface area (Å²) in [5, 5.41) is 0. The number of piperidine rings is 1. The number of nitrogens with zero attached hydrogens (tertiary/aromatic N) is 2. The third-order valence-electron chi connectivity index (χ3n) is 4.08. The first-order valence-corrected chi connectivity index (χ1v) is 6.84. The highest BCUT2D eigenvalue weighted by atomic mass is 16.2. The average molecular weight is 267 g/mol. The number of rotatable bonds is 3. The Balaban J connectivity index is 1.90. The molecule has 2 atom stereocenters. The molecule has 0 aliphatic carbocycles. The molecule has 0 radical (unpaired) electrons. The molecule has 6 nitrogen and oxygen atoms in total. The van der Waals surface area contributed by atoms with Crippen LogP contribution in [0.4, 0.5) is 0 Å². The number of nitrogens with two attached hydrogens (primary N) is 1. The Morgan fingerprint density at radius 1 is 1.32 bits per heavy atom. The summed E-state index contributed by atoms with van der Waals surface area (Å²) < 4.78 is 0. The fourth-order valence-electron chi connectivity index (χ4n) is 2.83. The highest BCUT2D eigenvalue weighted by Crippen LogP contribution is 2.23. The Morgan fingerprint density at radius 2 is 2.05 bits per heavy atom. The molecule has 2 fully saturated rings. The third-order valence-corrected chi connectivity index (χ3v) is 4.08. The van der Waals surface area contributed by atoms with Crippen LogP contribution in [0.1, 0.15) is 26.2 Å². The molecular weight excluding hydrogens is 246 g/mol. The van der Waals surface area contributed by atoms with Gasteiger partial charge in [-0.15, -0.1) is 0 Å². The molecule has 0 bridgehead atoms. The summed E-state index contributed by atoms with van der Waals surface area (Å²) >= 11 is 0. The third kappa shape index (κ3) is 3.05. The standard InChI is InChI=1S/C13H21N3O3/c1-9-6-16(7-10(9)13(14)19)12(18)8-15-5-3-2-4-11(15)17/h9-10H,2-8H2,1H3,(H2,14,19)/t9-,10-/m1/s1. The van der Waals surface area contributed by atoms with E-state index in [1.54, 1.807) is 9.80 Å². The second-order valence-electron chi connectivity index (χ2n) is 5.56. The second kappa shape index (κ2) is 5.59. The van der Waals surface area contributed by atoms with E-state index in [2.05, 4.69) is 0 Å². The Labute approximate surface area is 112 Å². The van der Waals surface area contributed by atoms with Crippen LogP contribution in [0.3, 0.4) is 0 Å². The van der Waals surface area contributed by atoms with E-state index in [4.69, 9.17) is 5.73 Å². The Hall–Kier alpha value is -1.59. The summed E-state index contributed by atoms with van der Waals surface area (Å²) in [6.45, 7) is 3.66. The fourth-order valence-corrected chi connectivity index (χ4v) is 2.83. The van der Waals surface area contributed by atoms with Gasteiger partial charge in [0, 0.05) is 26.1 Å². The summed E-state index contributed by atoms with van der Waals surface area (Å²) in [5.74, 6) is -0.541. The molecule has 3 amide bonds. The Kier molecular flexibility index (Phi) is 4.07. The van der Waals surface area contributed by atoms with Crippen molar-refractivity contribution < 1.29 is 14.4 Å². The van der Waals surface area contributed by atoms with Crippen molar-refractivity contribution in [3.8, 4) is 0 Å². The lowest BCUT2D eigenvalue weighted by molar-refractivity contribution is -0.141. The molecule has 2 N–H and O–H groups in total. The van der Waals surface area contributed by atoms with E-state index in [1.807, 2.05) is 6.92 Å². The van der Waals surface area contributed by atoms with E-state index in [0.717, 1.165) is 12.8 Å². The van der Waals surface area contributed by atoms with E-state index in [9.17, 15) is 14.4 Å². The SMILES string of the molecule is C[C@@H]1CN(C(=O)CN2CCCCC2=O)C[C@H]1C(N)=O. The van der Waals surface area contributed by atoms with Crippen LogP contribution in [0.25, 0.3) is 0 Å². The Morgan fingerprint density at radius 3 is 2.63 bits per heavy atom. The van der Waals surface area contributed by atoms with Gasteiger partial charge in [-0.3, -0.25) is 14.4 Å². The fraction of sp³-hybridized carbons (Fsp3) is 0.769. The van der Waals surface area contributed by atoms with Crippen molar-refractivity contribution in [3.63, 3.8) is 0 Å². The first-order chi connectivity index (χ1) is 8.99.